The van der Waals surface area contributed by atoms with E-state index in [0.717, 1.165) is 12.3 Å². The van der Waals surface area contributed by atoms with Crippen molar-refractivity contribution in [2.75, 3.05) is 12.3 Å². The highest BCUT2D eigenvalue weighted by Gasteiger charge is 2.62. The van der Waals surface area contributed by atoms with Crippen molar-refractivity contribution in [3.63, 3.8) is 0 Å². The van der Waals surface area contributed by atoms with Crippen molar-refractivity contribution in [3.8, 4) is 0 Å². The molecule has 0 radical (unpaired) electrons. The van der Waals surface area contributed by atoms with Crippen LogP contribution in [-0.2, 0) is 40.1 Å². The van der Waals surface area contributed by atoms with Gasteiger partial charge in [-0.1, -0.05) is 6.92 Å². The van der Waals surface area contributed by atoms with Gasteiger partial charge < -0.3 is 29.6 Å². The number of nitrogen functional groups attached to an aromatic ring is 1. The molecule has 0 aliphatic carbocycles. The van der Waals surface area contributed by atoms with E-state index in [-0.39, 0.29) is 18.0 Å². The molecule has 1 aliphatic heterocycles. The maximum atomic E-state index is 15.2. The number of nitrogens with zero attached hydrogens (tertiary/aromatic N) is 3. The van der Waals surface area contributed by atoms with Crippen LogP contribution in [0.4, 0.5) is 19.0 Å². The zero-order chi connectivity index (χ0) is 31.3. The summed E-state index contributed by atoms with van der Waals surface area (Å²) in [5.41, 5.74) is 1.05. The molecule has 41 heavy (non-hydrogen) atoms. The summed E-state index contributed by atoms with van der Waals surface area (Å²) in [5, 5.41) is 13.2. The number of aliphatic hydroxyl groups excluding tert-OH is 1. The summed E-state index contributed by atoms with van der Waals surface area (Å²) < 4.78 is 70.0. The minimum Gasteiger partial charge on any atom is -0.462 e. The zero-order valence-electron chi connectivity index (χ0n) is 23.3. The molecule has 6 atom stereocenters. The molecule has 2 heterocycles. The van der Waals surface area contributed by atoms with Crippen LogP contribution in [0.1, 0.15) is 54.2 Å². The number of aliphatic hydroxyl groups is 1. The van der Waals surface area contributed by atoms with Crippen LogP contribution >= 0.6 is 6.57 Å². The number of anilines is 1. The molecule has 18 heteroatoms. The summed E-state index contributed by atoms with van der Waals surface area (Å²) in [6, 6.07) is -0.0781. The van der Waals surface area contributed by atoms with Gasteiger partial charge >= 0.3 is 17.6 Å². The standard InChI is InChI=1S/C23H35F3N5O8PS/c1-7-14(20(34)38-12(4)5)30-40(41,29-13(6)19(33)37-11(2)3)36-10-23(21(25)26)17(32)16(24)18(39-23)31-9-8-15(27)28-22(31)35/h8-9,11-13,16-18,21,32H,7,10H2,1-6H3,(H,29,41)(H2,27,28,35). The van der Waals surface area contributed by atoms with Crippen LogP contribution in [0.3, 0.4) is 0 Å². The molecule has 2 rings (SSSR count). The van der Waals surface area contributed by atoms with Crippen LogP contribution < -0.4 is 16.5 Å². The highest BCUT2D eigenvalue weighted by molar-refractivity contribution is 8.10. The number of nitrogens with two attached hydrogens (primary N) is 1. The van der Waals surface area contributed by atoms with Crippen LogP contribution in [0.25, 0.3) is 0 Å². The number of esters is 2. The highest BCUT2D eigenvalue weighted by atomic mass is 32.4. The fourth-order valence-corrected chi connectivity index (χ4v) is 6.22. The summed E-state index contributed by atoms with van der Waals surface area (Å²) in [6.45, 7) is 4.03. The minimum atomic E-state index is -4.01. The fraction of sp³-hybridized carbons (Fsp3) is 0.696. The van der Waals surface area contributed by atoms with Crippen molar-refractivity contribution < 1.29 is 46.6 Å². The Labute approximate surface area is 239 Å². The summed E-state index contributed by atoms with van der Waals surface area (Å²) >= 11 is 5.50. The number of hydrogen-bond donors (Lipinski definition) is 3. The number of rotatable bonds is 13. The molecule has 0 amide bonds. The van der Waals surface area contributed by atoms with E-state index in [1.54, 1.807) is 34.6 Å². The number of carbonyl (C=O) groups is 2. The molecule has 1 aromatic heterocycles. The molecular formula is C23H35F3N5O8PS. The molecule has 0 spiro atoms. The SMILES string of the molecule is CCC(=NP(=S)(NC(C)C(=O)OC(C)C)OCC1(C(F)F)OC(n2ccc(N)nc2=O)C(F)C1O)C(=O)OC(C)C. The number of aromatic nitrogens is 2. The monoisotopic (exact) mass is 629 g/mol. The molecule has 0 aromatic carbocycles. The Morgan fingerprint density at radius 2 is 1.90 bits per heavy atom. The molecule has 4 N–H and O–H groups in total. The van der Waals surface area contributed by atoms with E-state index < -0.39 is 79.6 Å². The maximum absolute atomic E-state index is 15.2. The predicted octanol–water partition coefficient (Wildman–Crippen LogP) is 2.03. The number of alkyl halides is 3. The van der Waals surface area contributed by atoms with Gasteiger partial charge in [-0.05, 0) is 58.9 Å². The average Bonchev–Trinajstić information content (AvgIpc) is 3.11. The van der Waals surface area contributed by atoms with Crippen LogP contribution in [0.5, 0.6) is 0 Å². The molecule has 1 aliphatic rings. The van der Waals surface area contributed by atoms with Crippen LogP contribution in [0, 0.1) is 0 Å². The lowest BCUT2D eigenvalue weighted by Gasteiger charge is -2.33. The fourth-order valence-electron chi connectivity index (χ4n) is 3.59. The maximum Gasteiger partial charge on any atom is 0.352 e. The van der Waals surface area contributed by atoms with Crippen molar-refractivity contribution in [2.45, 2.75) is 96.7 Å². The van der Waals surface area contributed by atoms with E-state index in [1.807, 2.05) is 0 Å². The Kier molecular flexibility index (Phi) is 12.0. The summed E-state index contributed by atoms with van der Waals surface area (Å²) in [6.07, 6.45) is -10.7. The van der Waals surface area contributed by atoms with Crippen molar-refractivity contribution in [3.05, 3.63) is 22.7 Å². The normalized spacial score (nSPS) is 25.4. The molecule has 0 bridgehead atoms. The molecule has 232 valence electrons. The van der Waals surface area contributed by atoms with Gasteiger partial charge in [0, 0.05) is 6.20 Å². The van der Waals surface area contributed by atoms with Crippen molar-refractivity contribution in [1.82, 2.24) is 14.6 Å². The minimum absolute atomic E-state index is 0.0133. The third-order valence-corrected chi connectivity index (χ3v) is 8.18. The van der Waals surface area contributed by atoms with E-state index in [1.165, 1.54) is 6.92 Å². The Bertz CT molecular complexity index is 1240. The second-order valence-electron chi connectivity index (χ2n) is 9.68. The van der Waals surface area contributed by atoms with Gasteiger partial charge in [-0.3, -0.25) is 9.36 Å². The van der Waals surface area contributed by atoms with Gasteiger partial charge in [-0.25, -0.2) is 32.6 Å². The first kappa shape index (κ1) is 34.8. The van der Waals surface area contributed by atoms with Gasteiger partial charge in [0.15, 0.2) is 18.0 Å². The number of ether oxygens (including phenoxy) is 3. The first-order valence-electron chi connectivity index (χ1n) is 12.6. The van der Waals surface area contributed by atoms with E-state index in [2.05, 4.69) is 14.8 Å². The Morgan fingerprint density at radius 3 is 2.41 bits per heavy atom. The molecule has 1 fully saturated rings. The van der Waals surface area contributed by atoms with Crippen LogP contribution in [-0.4, -0.2) is 81.5 Å². The van der Waals surface area contributed by atoms with Gasteiger partial charge in [0.25, 0.3) is 6.43 Å². The first-order chi connectivity index (χ1) is 19.0. The second-order valence-corrected chi connectivity index (χ2v) is 12.9. The summed E-state index contributed by atoms with van der Waals surface area (Å²) in [4.78, 5) is 40.7. The molecule has 0 saturated carbocycles. The average molecular weight is 630 g/mol. The predicted molar refractivity (Wildman–Crippen MR) is 146 cm³/mol. The number of carbonyl (C=O) groups excluding carboxylic acids is 2. The third-order valence-electron chi connectivity index (χ3n) is 5.60. The smallest absolute Gasteiger partial charge is 0.352 e. The highest BCUT2D eigenvalue weighted by Crippen LogP contribution is 2.50. The van der Waals surface area contributed by atoms with Crippen molar-refractivity contribution in [2.24, 2.45) is 4.76 Å². The molecule has 1 saturated heterocycles. The van der Waals surface area contributed by atoms with Crippen LogP contribution in [0.2, 0.25) is 0 Å². The Balaban J connectivity index is 2.49. The van der Waals surface area contributed by atoms with E-state index >= 15 is 4.39 Å². The van der Waals surface area contributed by atoms with Gasteiger partial charge in [0.1, 0.15) is 23.7 Å². The van der Waals surface area contributed by atoms with E-state index in [4.69, 9.17) is 36.3 Å². The van der Waals surface area contributed by atoms with Crippen LogP contribution in [0.15, 0.2) is 21.8 Å². The molecular weight excluding hydrogens is 594 g/mol. The molecule has 6 unspecified atom stereocenters. The van der Waals surface area contributed by atoms with Crippen molar-refractivity contribution in [1.29, 1.82) is 0 Å². The number of halogens is 3. The van der Waals surface area contributed by atoms with Crippen molar-refractivity contribution >= 4 is 41.8 Å². The summed E-state index contributed by atoms with van der Waals surface area (Å²) in [7, 11) is 0. The lowest BCUT2D eigenvalue weighted by Crippen LogP contribution is -2.52. The Hall–Kier alpha value is -2.43. The molecule has 1 aromatic rings. The van der Waals surface area contributed by atoms with E-state index in [9.17, 15) is 28.3 Å². The third kappa shape index (κ3) is 8.55. The number of hydrogen-bond acceptors (Lipinski definition) is 11. The quantitative estimate of drug-likeness (QED) is 0.165. The first-order valence-corrected chi connectivity index (χ1v) is 15.3. The van der Waals surface area contributed by atoms with Gasteiger partial charge in [-0.15, -0.1) is 0 Å². The Morgan fingerprint density at radius 1 is 1.29 bits per heavy atom. The molecule has 13 nitrogen and oxygen atoms in total. The van der Waals surface area contributed by atoms with Gasteiger partial charge in [0.05, 0.1) is 18.8 Å². The largest absolute Gasteiger partial charge is 0.462 e. The topological polar surface area (TPSA) is 177 Å². The van der Waals surface area contributed by atoms with Gasteiger partial charge in [0.2, 0.25) is 6.57 Å². The lowest BCUT2D eigenvalue weighted by molar-refractivity contribution is -0.191. The van der Waals surface area contributed by atoms with E-state index in [0.29, 0.717) is 4.57 Å². The summed E-state index contributed by atoms with van der Waals surface area (Å²) in [5.74, 6) is -1.85. The second kappa shape index (κ2) is 14.2. The zero-order valence-corrected chi connectivity index (χ0v) is 25.0. The number of nitrogens with one attached hydrogen (secondary N) is 1. The van der Waals surface area contributed by atoms with Gasteiger partial charge in [-0.2, -0.15) is 4.98 Å². The lowest BCUT2D eigenvalue weighted by atomic mass is 9.97.